The maximum Gasteiger partial charge on any atom is 0.264 e. The number of nitrogens with zero attached hydrogens (tertiary/aromatic N) is 4. The minimum atomic E-state index is -3.03. The van der Waals surface area contributed by atoms with Crippen LogP contribution in [0.25, 0.3) is 11.1 Å². The number of alkyl halides is 2. The molecule has 224 valence electrons. The monoisotopic (exact) mass is 584 g/mol. The average Bonchev–Trinajstić information content (AvgIpc) is 2.94. The number of pyridine rings is 2. The maximum atomic E-state index is 15.8. The highest BCUT2D eigenvalue weighted by atomic mass is 19.3. The summed E-state index contributed by atoms with van der Waals surface area (Å²) in [5.41, 5.74) is -0.264. The number of nitrogens with one attached hydrogen (secondary N) is 2. The first-order valence-corrected chi connectivity index (χ1v) is 14.0. The summed E-state index contributed by atoms with van der Waals surface area (Å²) in [6.45, 7) is 9.08. The van der Waals surface area contributed by atoms with Gasteiger partial charge in [0.05, 0.1) is 29.6 Å². The van der Waals surface area contributed by atoms with E-state index in [4.69, 9.17) is 4.74 Å². The summed E-state index contributed by atoms with van der Waals surface area (Å²) < 4.78 is 50.0. The fourth-order valence-electron chi connectivity index (χ4n) is 5.63. The summed E-state index contributed by atoms with van der Waals surface area (Å²) in [5, 5.41) is 6.17. The molecule has 0 spiro atoms. The first-order valence-electron chi connectivity index (χ1n) is 14.0. The molecule has 0 bridgehead atoms. The molecule has 2 fully saturated rings. The number of rotatable bonds is 6. The fourth-order valence-corrected chi connectivity index (χ4v) is 5.63. The molecule has 0 aliphatic carbocycles. The zero-order valence-electron chi connectivity index (χ0n) is 24.0. The van der Waals surface area contributed by atoms with Gasteiger partial charge in [-0.2, -0.15) is 0 Å². The number of aryl methyl sites for hydroxylation is 1. The molecule has 0 saturated carbocycles. The summed E-state index contributed by atoms with van der Waals surface area (Å²) in [5.74, 6) is -0.588. The standard InChI is InChI=1S/C30H35F3N6O3/c1-17-13-39(14-18(2)35-17)26-11-24(31)21(20-5-6-27(34-12-20)38-7-8-42-19(3)15-38)9-25(26)36-30(41)23-16-37(4)28(40)10-22(23)29(32)33/h5-6,9-12,16-19,29,35H,7-8,13-15H2,1-4H3,(H,36,41)/t17-,18+,19-/m0/s1. The number of morpholine rings is 1. The number of piperazine rings is 1. The molecule has 9 nitrogen and oxygen atoms in total. The Balaban J connectivity index is 1.53. The van der Waals surface area contributed by atoms with Gasteiger partial charge in [-0.15, -0.1) is 0 Å². The molecule has 2 saturated heterocycles. The van der Waals surface area contributed by atoms with Crippen LogP contribution in [-0.4, -0.2) is 66.4 Å². The zero-order valence-corrected chi connectivity index (χ0v) is 24.0. The van der Waals surface area contributed by atoms with Crippen molar-refractivity contribution >= 4 is 23.1 Å². The van der Waals surface area contributed by atoms with E-state index in [1.54, 1.807) is 12.3 Å². The van der Waals surface area contributed by atoms with E-state index < -0.39 is 29.3 Å². The minimum absolute atomic E-state index is 0.0735. The lowest BCUT2D eigenvalue weighted by Crippen LogP contribution is -2.54. The van der Waals surface area contributed by atoms with Crippen molar-refractivity contribution in [3.63, 3.8) is 0 Å². The smallest absolute Gasteiger partial charge is 0.264 e. The van der Waals surface area contributed by atoms with Crippen molar-refractivity contribution < 1.29 is 22.7 Å². The van der Waals surface area contributed by atoms with Gasteiger partial charge < -0.3 is 29.7 Å². The predicted molar refractivity (Wildman–Crippen MR) is 156 cm³/mol. The number of hydrogen-bond donors (Lipinski definition) is 2. The van der Waals surface area contributed by atoms with Crippen molar-refractivity contribution in [3.8, 4) is 11.1 Å². The maximum absolute atomic E-state index is 15.8. The van der Waals surface area contributed by atoms with Crippen molar-refractivity contribution in [1.82, 2.24) is 14.9 Å². The molecular formula is C30H35F3N6O3. The molecule has 1 amide bonds. The van der Waals surface area contributed by atoms with Crippen molar-refractivity contribution in [2.45, 2.75) is 45.4 Å². The number of anilines is 3. The minimum Gasteiger partial charge on any atom is -0.375 e. The number of benzene rings is 1. The molecular weight excluding hydrogens is 549 g/mol. The van der Waals surface area contributed by atoms with Crippen LogP contribution >= 0.6 is 0 Å². The molecule has 4 heterocycles. The van der Waals surface area contributed by atoms with Gasteiger partial charge >= 0.3 is 0 Å². The van der Waals surface area contributed by atoms with Gasteiger partial charge in [0, 0.05) is 80.5 Å². The van der Waals surface area contributed by atoms with E-state index in [0.717, 1.165) is 22.6 Å². The average molecular weight is 585 g/mol. The summed E-state index contributed by atoms with van der Waals surface area (Å²) in [6, 6.07) is 7.40. The summed E-state index contributed by atoms with van der Waals surface area (Å²) in [7, 11) is 1.38. The lowest BCUT2D eigenvalue weighted by molar-refractivity contribution is 0.0529. The highest BCUT2D eigenvalue weighted by Crippen LogP contribution is 2.36. The van der Waals surface area contributed by atoms with Gasteiger partial charge in [0.15, 0.2) is 0 Å². The van der Waals surface area contributed by atoms with Crippen LogP contribution in [0.3, 0.4) is 0 Å². The number of amides is 1. The van der Waals surface area contributed by atoms with Gasteiger partial charge in [-0.3, -0.25) is 9.59 Å². The molecule has 42 heavy (non-hydrogen) atoms. The lowest BCUT2D eigenvalue weighted by atomic mass is 10.0. The van der Waals surface area contributed by atoms with Crippen LogP contribution in [0, 0.1) is 5.82 Å². The molecule has 2 aliphatic rings. The van der Waals surface area contributed by atoms with Crippen LogP contribution in [0.2, 0.25) is 0 Å². The Hall–Kier alpha value is -3.90. The first kappa shape index (κ1) is 29.6. The third-order valence-corrected chi connectivity index (χ3v) is 7.60. The third kappa shape index (κ3) is 6.29. The van der Waals surface area contributed by atoms with Gasteiger partial charge in [-0.1, -0.05) is 0 Å². The highest BCUT2D eigenvalue weighted by Gasteiger charge is 2.27. The summed E-state index contributed by atoms with van der Waals surface area (Å²) in [4.78, 5) is 34.1. The SMILES string of the molecule is C[C@@H]1CN(c2cc(F)c(-c3ccc(N4CCO[C@@H](C)C4)nc3)cc2NC(=O)c2cn(C)c(=O)cc2C(F)F)C[C@H](C)N1. The van der Waals surface area contributed by atoms with Crippen molar-refractivity contribution in [2.75, 3.05) is 47.9 Å². The zero-order chi connectivity index (χ0) is 30.1. The molecule has 0 unspecified atom stereocenters. The van der Waals surface area contributed by atoms with Crippen molar-refractivity contribution in [2.24, 2.45) is 7.05 Å². The largest absolute Gasteiger partial charge is 0.375 e. The normalized spacial score (nSPS) is 21.1. The van der Waals surface area contributed by atoms with E-state index in [9.17, 15) is 18.4 Å². The van der Waals surface area contributed by atoms with Gasteiger partial charge in [0.1, 0.15) is 11.6 Å². The van der Waals surface area contributed by atoms with Crippen molar-refractivity contribution in [1.29, 1.82) is 0 Å². The Labute approximate surface area is 242 Å². The number of carbonyl (C=O) groups excluding carboxylic acids is 1. The van der Waals surface area contributed by atoms with Gasteiger partial charge in [0.2, 0.25) is 0 Å². The quantitative estimate of drug-likeness (QED) is 0.449. The van der Waals surface area contributed by atoms with Crippen LogP contribution in [0.1, 0.15) is 43.1 Å². The molecule has 2 aliphatic heterocycles. The molecule has 12 heteroatoms. The third-order valence-electron chi connectivity index (χ3n) is 7.60. The molecule has 0 radical (unpaired) electrons. The van der Waals surface area contributed by atoms with E-state index in [1.807, 2.05) is 31.7 Å². The van der Waals surface area contributed by atoms with Crippen LogP contribution in [0.4, 0.5) is 30.4 Å². The highest BCUT2D eigenvalue weighted by molar-refractivity contribution is 6.07. The Kier molecular flexibility index (Phi) is 8.55. The molecule has 1 aromatic carbocycles. The van der Waals surface area contributed by atoms with Crippen LogP contribution in [-0.2, 0) is 11.8 Å². The van der Waals surface area contributed by atoms with E-state index in [1.165, 1.54) is 19.2 Å². The Morgan fingerprint density at radius 2 is 1.83 bits per heavy atom. The van der Waals surface area contributed by atoms with E-state index >= 15 is 4.39 Å². The van der Waals surface area contributed by atoms with E-state index in [0.29, 0.717) is 44.0 Å². The lowest BCUT2D eigenvalue weighted by Gasteiger charge is -2.38. The molecule has 3 aromatic rings. The number of hydrogen-bond acceptors (Lipinski definition) is 7. The van der Waals surface area contributed by atoms with Gasteiger partial charge in [0.25, 0.3) is 17.9 Å². The molecule has 3 atom stereocenters. The second-order valence-electron chi connectivity index (χ2n) is 11.1. The molecule has 5 rings (SSSR count). The molecule has 2 N–H and O–H groups in total. The Bertz CT molecular complexity index is 1500. The Morgan fingerprint density at radius 3 is 2.48 bits per heavy atom. The number of carbonyl (C=O) groups is 1. The van der Waals surface area contributed by atoms with Crippen LogP contribution < -0.4 is 26.0 Å². The second kappa shape index (κ2) is 12.1. The molecule has 2 aromatic heterocycles. The first-order chi connectivity index (χ1) is 20.0. The van der Waals surface area contributed by atoms with Gasteiger partial charge in [-0.25, -0.2) is 18.2 Å². The number of halogens is 3. The fraction of sp³-hybridized carbons (Fsp3) is 0.433. The van der Waals surface area contributed by atoms with Crippen LogP contribution in [0.5, 0.6) is 0 Å². The van der Waals surface area contributed by atoms with E-state index in [2.05, 4.69) is 20.5 Å². The Morgan fingerprint density at radius 1 is 1.10 bits per heavy atom. The van der Waals surface area contributed by atoms with Gasteiger partial charge in [-0.05, 0) is 45.0 Å². The summed E-state index contributed by atoms with van der Waals surface area (Å²) >= 11 is 0. The predicted octanol–water partition coefficient (Wildman–Crippen LogP) is 4.19. The number of ether oxygens (including phenoxy) is 1. The van der Waals surface area contributed by atoms with Crippen LogP contribution in [0.15, 0.2) is 47.5 Å². The van der Waals surface area contributed by atoms with E-state index in [-0.39, 0.29) is 35.0 Å². The second-order valence-corrected chi connectivity index (χ2v) is 11.1. The topological polar surface area (TPSA) is 91.7 Å². The summed E-state index contributed by atoms with van der Waals surface area (Å²) in [6.07, 6.45) is -0.287. The van der Waals surface area contributed by atoms with Crippen molar-refractivity contribution in [3.05, 3.63) is 70.0 Å². The number of aromatic nitrogens is 2.